The molecule has 29 heavy (non-hydrogen) atoms. The molecule has 3 aliphatic rings. The Morgan fingerprint density at radius 2 is 2.07 bits per heavy atom. The topological polar surface area (TPSA) is 93.1 Å². The van der Waals surface area contributed by atoms with Gasteiger partial charge in [0.2, 0.25) is 0 Å². The van der Waals surface area contributed by atoms with E-state index in [4.69, 9.17) is 9.47 Å². The third-order valence-corrected chi connectivity index (χ3v) is 6.59. The fourth-order valence-corrected chi connectivity index (χ4v) is 4.81. The molecular weight excluding hydrogens is 372 g/mol. The van der Waals surface area contributed by atoms with Crippen molar-refractivity contribution in [1.82, 2.24) is 0 Å². The molecule has 0 bridgehead atoms. The molecule has 6 heteroatoms. The normalized spacial score (nSPS) is 37.9. The zero-order valence-corrected chi connectivity index (χ0v) is 17.6. The lowest BCUT2D eigenvalue weighted by Crippen LogP contribution is -2.44. The van der Waals surface area contributed by atoms with Crippen LogP contribution < -0.4 is 0 Å². The molecule has 0 spiro atoms. The quantitative estimate of drug-likeness (QED) is 0.659. The van der Waals surface area contributed by atoms with Gasteiger partial charge < -0.3 is 19.7 Å². The molecule has 6 unspecified atom stereocenters. The molecule has 0 saturated carbocycles. The third-order valence-electron chi connectivity index (χ3n) is 6.59. The number of cyclic esters (lactones) is 1. The highest BCUT2D eigenvalue weighted by Gasteiger charge is 2.43. The van der Waals surface area contributed by atoms with Crippen LogP contribution >= 0.6 is 0 Å². The van der Waals surface area contributed by atoms with E-state index in [1.807, 2.05) is 19.9 Å². The van der Waals surface area contributed by atoms with Gasteiger partial charge in [0, 0.05) is 12.3 Å². The van der Waals surface area contributed by atoms with E-state index in [-0.39, 0.29) is 48.3 Å². The van der Waals surface area contributed by atoms with Crippen LogP contribution in [0.4, 0.5) is 0 Å². The molecule has 3 rings (SSSR count). The van der Waals surface area contributed by atoms with Gasteiger partial charge in [-0.1, -0.05) is 39.0 Å². The van der Waals surface area contributed by atoms with Crippen molar-refractivity contribution in [3.05, 3.63) is 23.8 Å². The smallest absolute Gasteiger partial charge is 0.308 e. The van der Waals surface area contributed by atoms with Gasteiger partial charge in [-0.25, -0.2) is 0 Å². The van der Waals surface area contributed by atoms with Gasteiger partial charge in [-0.05, 0) is 43.1 Å². The Kier molecular flexibility index (Phi) is 7.17. The fourth-order valence-electron chi connectivity index (χ4n) is 4.81. The summed E-state index contributed by atoms with van der Waals surface area (Å²) < 4.78 is 11.3. The number of fused-ring (bicyclic) bond motifs is 1. The molecule has 1 aliphatic heterocycles. The van der Waals surface area contributed by atoms with Crippen molar-refractivity contribution in [3.8, 4) is 0 Å². The number of hydrogen-bond donors (Lipinski definition) is 2. The standard InChI is InChI=1S/C23H34O6/c1-4-14(3)23(27)29-20-10-13(2)9-15-5-8-19(25)18(22(15)20)7-6-17-11-16(24)12-21(26)28-17/h5,8-9,13-14,16-20,22,24-25H,4,6-7,10-12H2,1-3H3/t13?,14?,16-,17?,18+,19?,20?,22?/m1/s1. The first-order chi connectivity index (χ1) is 13.8. The van der Waals surface area contributed by atoms with E-state index in [0.717, 1.165) is 18.4 Å². The minimum Gasteiger partial charge on any atom is -0.462 e. The Bertz CT molecular complexity index is 668. The molecule has 6 nitrogen and oxygen atoms in total. The summed E-state index contributed by atoms with van der Waals surface area (Å²) in [5, 5.41) is 20.5. The lowest BCUT2D eigenvalue weighted by atomic mass is 9.67. The average Bonchev–Trinajstić information content (AvgIpc) is 2.65. The zero-order valence-electron chi connectivity index (χ0n) is 17.6. The van der Waals surface area contributed by atoms with Crippen molar-refractivity contribution in [3.63, 3.8) is 0 Å². The zero-order chi connectivity index (χ0) is 21.1. The monoisotopic (exact) mass is 406 g/mol. The molecule has 2 aliphatic carbocycles. The number of rotatable bonds is 6. The summed E-state index contributed by atoms with van der Waals surface area (Å²) in [5.41, 5.74) is 1.11. The predicted molar refractivity (Wildman–Crippen MR) is 108 cm³/mol. The van der Waals surface area contributed by atoms with Crippen LogP contribution in [0.15, 0.2) is 23.8 Å². The Morgan fingerprint density at radius 1 is 1.31 bits per heavy atom. The van der Waals surface area contributed by atoms with E-state index in [0.29, 0.717) is 25.2 Å². The van der Waals surface area contributed by atoms with Crippen LogP contribution in [-0.4, -0.2) is 46.6 Å². The molecule has 0 aromatic rings. The van der Waals surface area contributed by atoms with Crippen LogP contribution in [-0.2, 0) is 19.1 Å². The van der Waals surface area contributed by atoms with Gasteiger partial charge in [-0.2, -0.15) is 0 Å². The number of hydrogen-bond acceptors (Lipinski definition) is 6. The van der Waals surface area contributed by atoms with Gasteiger partial charge in [-0.3, -0.25) is 9.59 Å². The molecule has 0 aromatic carbocycles. The van der Waals surface area contributed by atoms with Gasteiger partial charge in [0.1, 0.15) is 12.2 Å². The molecule has 8 atom stereocenters. The van der Waals surface area contributed by atoms with E-state index in [9.17, 15) is 19.8 Å². The minimum atomic E-state index is -0.660. The van der Waals surface area contributed by atoms with Crippen LogP contribution in [0.5, 0.6) is 0 Å². The highest BCUT2D eigenvalue weighted by Crippen LogP contribution is 2.43. The van der Waals surface area contributed by atoms with E-state index < -0.39 is 12.2 Å². The van der Waals surface area contributed by atoms with Crippen LogP contribution in [0.25, 0.3) is 0 Å². The van der Waals surface area contributed by atoms with Crippen molar-refractivity contribution in [1.29, 1.82) is 0 Å². The Balaban J connectivity index is 1.74. The Hall–Kier alpha value is -1.66. The SMILES string of the molecule is CCC(C)C(=O)OC1CC(C)C=C2C=CC(O)[C@H](CCC3C[C@@H](O)CC(=O)O3)C21. The average molecular weight is 407 g/mol. The number of ether oxygens (including phenoxy) is 2. The van der Waals surface area contributed by atoms with Gasteiger partial charge in [-0.15, -0.1) is 0 Å². The van der Waals surface area contributed by atoms with E-state index in [2.05, 4.69) is 13.0 Å². The molecular formula is C23H34O6. The van der Waals surface area contributed by atoms with Crippen molar-refractivity contribution in [2.75, 3.05) is 0 Å². The molecule has 1 fully saturated rings. The van der Waals surface area contributed by atoms with Crippen LogP contribution in [0, 0.1) is 23.7 Å². The van der Waals surface area contributed by atoms with E-state index >= 15 is 0 Å². The summed E-state index contributed by atoms with van der Waals surface area (Å²) >= 11 is 0. The number of carbonyl (C=O) groups excluding carboxylic acids is 2. The molecule has 2 N–H and O–H groups in total. The van der Waals surface area contributed by atoms with Crippen molar-refractivity contribution >= 4 is 11.9 Å². The summed E-state index contributed by atoms with van der Waals surface area (Å²) in [6.07, 6.45) is 7.22. The Labute approximate surface area is 173 Å². The maximum atomic E-state index is 12.5. The predicted octanol–water partition coefficient (Wildman–Crippen LogP) is 2.92. The summed E-state index contributed by atoms with van der Waals surface area (Å²) in [4.78, 5) is 24.1. The number of aliphatic hydroxyl groups is 2. The number of esters is 2. The highest BCUT2D eigenvalue weighted by molar-refractivity contribution is 5.72. The van der Waals surface area contributed by atoms with E-state index in [1.54, 1.807) is 6.08 Å². The van der Waals surface area contributed by atoms with Crippen molar-refractivity contribution in [2.24, 2.45) is 23.7 Å². The third kappa shape index (κ3) is 5.28. The van der Waals surface area contributed by atoms with Gasteiger partial charge in [0.05, 0.1) is 24.5 Å². The fraction of sp³-hybridized carbons (Fsp3) is 0.739. The maximum Gasteiger partial charge on any atom is 0.308 e. The van der Waals surface area contributed by atoms with Crippen LogP contribution in [0.3, 0.4) is 0 Å². The number of aliphatic hydroxyl groups excluding tert-OH is 2. The first-order valence-corrected chi connectivity index (χ1v) is 10.9. The van der Waals surface area contributed by atoms with Gasteiger partial charge >= 0.3 is 11.9 Å². The highest BCUT2D eigenvalue weighted by atomic mass is 16.6. The Morgan fingerprint density at radius 3 is 2.76 bits per heavy atom. The minimum absolute atomic E-state index is 0.0479. The lowest BCUT2D eigenvalue weighted by Gasteiger charge is -2.43. The number of carbonyl (C=O) groups is 2. The first kappa shape index (κ1) is 22.0. The largest absolute Gasteiger partial charge is 0.462 e. The van der Waals surface area contributed by atoms with Crippen molar-refractivity contribution < 1.29 is 29.3 Å². The van der Waals surface area contributed by atoms with Crippen LogP contribution in [0.1, 0.15) is 59.3 Å². The molecule has 1 saturated heterocycles. The second-order valence-corrected chi connectivity index (χ2v) is 8.99. The summed E-state index contributed by atoms with van der Waals surface area (Å²) in [6, 6.07) is 0. The van der Waals surface area contributed by atoms with E-state index in [1.165, 1.54) is 0 Å². The maximum absolute atomic E-state index is 12.5. The molecule has 0 amide bonds. The lowest BCUT2D eigenvalue weighted by molar-refractivity contribution is -0.162. The second kappa shape index (κ2) is 9.43. The van der Waals surface area contributed by atoms with Crippen LogP contribution in [0.2, 0.25) is 0 Å². The second-order valence-electron chi connectivity index (χ2n) is 8.99. The summed E-state index contributed by atoms with van der Waals surface area (Å²) in [7, 11) is 0. The molecule has 0 radical (unpaired) electrons. The van der Waals surface area contributed by atoms with Gasteiger partial charge in [0.15, 0.2) is 0 Å². The first-order valence-electron chi connectivity index (χ1n) is 10.9. The van der Waals surface area contributed by atoms with Crippen molar-refractivity contribution in [2.45, 2.75) is 83.7 Å². The molecule has 162 valence electrons. The molecule has 0 aromatic heterocycles. The summed E-state index contributed by atoms with van der Waals surface area (Å²) in [5.74, 6) is -0.589. The summed E-state index contributed by atoms with van der Waals surface area (Å²) in [6.45, 7) is 5.96. The number of allylic oxidation sites excluding steroid dienone is 2. The van der Waals surface area contributed by atoms with Gasteiger partial charge in [0.25, 0.3) is 0 Å². The molecule has 1 heterocycles.